The van der Waals surface area contributed by atoms with E-state index in [-0.39, 0.29) is 17.1 Å². The van der Waals surface area contributed by atoms with Gasteiger partial charge in [-0.1, -0.05) is 12.1 Å². The van der Waals surface area contributed by atoms with Crippen molar-refractivity contribution >= 4 is 29.5 Å². The Morgan fingerprint density at radius 1 is 1.04 bits per heavy atom. The highest BCUT2D eigenvalue weighted by atomic mass is 16.7. The SMILES string of the molecule is CN(C)C(=O)c1cc2ccc(B3OC(C)(C)C(C)(C)O3)cc2o1. The fourth-order valence-electron chi connectivity index (χ4n) is 2.50. The zero-order chi connectivity index (χ0) is 17.0. The van der Waals surface area contributed by atoms with Gasteiger partial charge >= 0.3 is 7.12 Å². The fourth-order valence-corrected chi connectivity index (χ4v) is 2.50. The molecule has 0 radical (unpaired) electrons. The molecule has 0 N–H and O–H groups in total. The van der Waals surface area contributed by atoms with Gasteiger partial charge in [0.15, 0.2) is 5.76 Å². The maximum Gasteiger partial charge on any atom is 0.494 e. The Morgan fingerprint density at radius 2 is 1.65 bits per heavy atom. The number of fused-ring (bicyclic) bond motifs is 1. The smallest absolute Gasteiger partial charge is 0.451 e. The van der Waals surface area contributed by atoms with E-state index in [1.165, 1.54) is 4.90 Å². The molecule has 0 bridgehead atoms. The summed E-state index contributed by atoms with van der Waals surface area (Å²) < 4.78 is 17.8. The van der Waals surface area contributed by atoms with Gasteiger partial charge < -0.3 is 18.6 Å². The molecular weight excluding hydrogens is 293 g/mol. The largest absolute Gasteiger partial charge is 0.494 e. The van der Waals surface area contributed by atoms with Crippen molar-refractivity contribution in [2.24, 2.45) is 0 Å². The molecule has 1 aromatic carbocycles. The van der Waals surface area contributed by atoms with Gasteiger partial charge in [0, 0.05) is 19.5 Å². The van der Waals surface area contributed by atoms with Gasteiger partial charge in [0.25, 0.3) is 5.91 Å². The summed E-state index contributed by atoms with van der Waals surface area (Å²) >= 11 is 0. The molecule has 2 aromatic rings. The summed E-state index contributed by atoms with van der Waals surface area (Å²) in [5, 5.41) is 0.885. The Balaban J connectivity index is 1.94. The second-order valence-corrected chi connectivity index (χ2v) is 7.20. The van der Waals surface area contributed by atoms with Crippen molar-refractivity contribution in [3.63, 3.8) is 0 Å². The van der Waals surface area contributed by atoms with E-state index in [0.717, 1.165) is 10.8 Å². The van der Waals surface area contributed by atoms with Gasteiger partial charge in [-0.2, -0.15) is 0 Å². The number of rotatable bonds is 2. The van der Waals surface area contributed by atoms with Crippen LogP contribution < -0.4 is 5.46 Å². The zero-order valence-corrected chi connectivity index (χ0v) is 14.5. The number of carbonyl (C=O) groups excluding carboxylic acids is 1. The van der Waals surface area contributed by atoms with E-state index in [9.17, 15) is 4.79 Å². The molecule has 1 aliphatic heterocycles. The normalized spacial score (nSPS) is 19.3. The number of hydrogen-bond donors (Lipinski definition) is 0. The topological polar surface area (TPSA) is 51.9 Å². The summed E-state index contributed by atoms with van der Waals surface area (Å²) in [4.78, 5) is 13.5. The number of nitrogens with zero attached hydrogens (tertiary/aromatic N) is 1. The lowest BCUT2D eigenvalue weighted by atomic mass is 9.79. The molecule has 1 fully saturated rings. The molecule has 1 saturated heterocycles. The molecule has 3 rings (SSSR count). The van der Waals surface area contributed by atoms with E-state index in [0.29, 0.717) is 11.3 Å². The van der Waals surface area contributed by atoms with Crippen molar-refractivity contribution in [1.82, 2.24) is 4.90 Å². The lowest BCUT2D eigenvalue weighted by Gasteiger charge is -2.32. The van der Waals surface area contributed by atoms with Gasteiger partial charge in [-0.25, -0.2) is 0 Å². The van der Waals surface area contributed by atoms with Crippen molar-refractivity contribution < 1.29 is 18.5 Å². The second kappa shape index (κ2) is 5.11. The molecular formula is C17H22BNO4. The summed E-state index contributed by atoms with van der Waals surface area (Å²) in [5.41, 5.74) is 0.765. The van der Waals surface area contributed by atoms with Crippen LogP contribution in [0.1, 0.15) is 38.2 Å². The third-order valence-corrected chi connectivity index (χ3v) is 4.69. The quantitative estimate of drug-likeness (QED) is 0.799. The summed E-state index contributed by atoms with van der Waals surface area (Å²) in [6, 6.07) is 7.51. The Labute approximate surface area is 136 Å². The molecule has 6 heteroatoms. The number of furan rings is 1. The van der Waals surface area contributed by atoms with Crippen molar-refractivity contribution in [2.75, 3.05) is 14.1 Å². The second-order valence-electron chi connectivity index (χ2n) is 7.20. The first-order valence-electron chi connectivity index (χ1n) is 7.71. The van der Waals surface area contributed by atoms with Crippen molar-refractivity contribution in [2.45, 2.75) is 38.9 Å². The third-order valence-electron chi connectivity index (χ3n) is 4.69. The summed E-state index contributed by atoms with van der Waals surface area (Å²) in [6.45, 7) is 8.08. The van der Waals surface area contributed by atoms with Crippen LogP contribution in [0.15, 0.2) is 28.7 Å². The summed E-state index contributed by atoms with van der Waals surface area (Å²) in [7, 11) is 2.96. The first-order valence-corrected chi connectivity index (χ1v) is 7.71. The summed E-state index contributed by atoms with van der Waals surface area (Å²) in [6.07, 6.45) is 0. The molecule has 0 aliphatic carbocycles. The highest BCUT2D eigenvalue weighted by molar-refractivity contribution is 6.62. The van der Waals surface area contributed by atoms with Crippen molar-refractivity contribution in [3.05, 3.63) is 30.0 Å². The molecule has 0 spiro atoms. The van der Waals surface area contributed by atoms with Gasteiger partial charge in [0.1, 0.15) is 5.58 Å². The first-order chi connectivity index (χ1) is 10.6. The van der Waals surface area contributed by atoms with Crippen LogP contribution in [0.4, 0.5) is 0 Å². The van der Waals surface area contributed by atoms with Crippen LogP contribution in [0.3, 0.4) is 0 Å². The average Bonchev–Trinajstić information content (AvgIpc) is 2.95. The lowest BCUT2D eigenvalue weighted by Crippen LogP contribution is -2.41. The van der Waals surface area contributed by atoms with Crippen molar-refractivity contribution in [3.8, 4) is 0 Å². The van der Waals surface area contributed by atoms with Crippen LogP contribution in [0, 0.1) is 0 Å². The predicted molar refractivity (Wildman–Crippen MR) is 89.9 cm³/mol. The van der Waals surface area contributed by atoms with Crippen LogP contribution in [0.25, 0.3) is 11.0 Å². The van der Waals surface area contributed by atoms with E-state index in [1.807, 2.05) is 45.9 Å². The van der Waals surface area contributed by atoms with Gasteiger partial charge in [-0.3, -0.25) is 4.79 Å². The Bertz CT molecular complexity index is 747. The minimum Gasteiger partial charge on any atom is -0.451 e. The van der Waals surface area contributed by atoms with E-state index < -0.39 is 7.12 Å². The number of carbonyl (C=O) groups is 1. The number of amides is 1. The third kappa shape index (κ3) is 2.66. The van der Waals surface area contributed by atoms with Crippen LogP contribution in [0.2, 0.25) is 0 Å². The van der Waals surface area contributed by atoms with E-state index in [2.05, 4.69) is 0 Å². The number of benzene rings is 1. The maximum atomic E-state index is 12.0. The first kappa shape index (κ1) is 16.1. The fraction of sp³-hybridized carbons (Fsp3) is 0.471. The van der Waals surface area contributed by atoms with E-state index in [1.54, 1.807) is 20.2 Å². The zero-order valence-electron chi connectivity index (χ0n) is 14.5. The van der Waals surface area contributed by atoms with Crippen LogP contribution in [-0.2, 0) is 9.31 Å². The van der Waals surface area contributed by atoms with E-state index in [4.69, 9.17) is 13.7 Å². The average molecular weight is 315 g/mol. The monoisotopic (exact) mass is 315 g/mol. The van der Waals surface area contributed by atoms with Gasteiger partial charge in [-0.05, 0) is 45.3 Å². The van der Waals surface area contributed by atoms with Crippen LogP contribution in [-0.4, -0.2) is 43.2 Å². The van der Waals surface area contributed by atoms with Crippen LogP contribution in [0.5, 0.6) is 0 Å². The highest BCUT2D eigenvalue weighted by Gasteiger charge is 2.51. The lowest BCUT2D eigenvalue weighted by molar-refractivity contribution is 0.00578. The molecule has 1 amide bonds. The van der Waals surface area contributed by atoms with Gasteiger partial charge in [-0.15, -0.1) is 0 Å². The standard InChI is InChI=1S/C17H22BNO4/c1-16(2)17(3,4)23-18(22-16)12-8-7-11-9-14(15(20)19(5)6)21-13(11)10-12/h7-10H,1-6H3. The molecule has 5 nitrogen and oxygen atoms in total. The molecule has 1 aromatic heterocycles. The predicted octanol–water partition coefficient (Wildman–Crippen LogP) is 2.43. The number of hydrogen-bond acceptors (Lipinski definition) is 4. The van der Waals surface area contributed by atoms with E-state index >= 15 is 0 Å². The molecule has 0 atom stereocenters. The maximum absolute atomic E-state index is 12.0. The molecule has 23 heavy (non-hydrogen) atoms. The minimum atomic E-state index is -0.442. The molecule has 122 valence electrons. The van der Waals surface area contributed by atoms with Crippen LogP contribution >= 0.6 is 0 Å². The summed E-state index contributed by atoms with van der Waals surface area (Å²) in [5.74, 6) is 0.175. The molecule has 2 heterocycles. The highest BCUT2D eigenvalue weighted by Crippen LogP contribution is 2.36. The Hall–Kier alpha value is -1.79. The van der Waals surface area contributed by atoms with Gasteiger partial charge in [0.2, 0.25) is 0 Å². The van der Waals surface area contributed by atoms with Gasteiger partial charge in [0.05, 0.1) is 11.2 Å². The Morgan fingerprint density at radius 3 is 2.22 bits per heavy atom. The van der Waals surface area contributed by atoms with Crippen molar-refractivity contribution in [1.29, 1.82) is 0 Å². The molecule has 1 aliphatic rings. The Kier molecular flexibility index (Phi) is 3.57. The minimum absolute atomic E-state index is 0.154. The molecule has 0 saturated carbocycles. The molecule has 0 unspecified atom stereocenters.